The van der Waals surface area contributed by atoms with Gasteiger partial charge in [-0.3, -0.25) is 4.79 Å². The second-order valence-electron chi connectivity index (χ2n) is 5.98. The molecular formula is C18H18F3N3OS. The fourth-order valence-electron chi connectivity index (χ4n) is 2.84. The first-order valence-electron chi connectivity index (χ1n) is 8.21. The number of carbonyl (C=O) groups excluding carboxylic acids is 1. The molecule has 1 aromatic carbocycles. The van der Waals surface area contributed by atoms with Crippen molar-refractivity contribution >= 4 is 28.3 Å². The van der Waals surface area contributed by atoms with E-state index in [2.05, 4.69) is 10.3 Å². The number of imidazole rings is 1. The van der Waals surface area contributed by atoms with E-state index in [1.54, 1.807) is 35.6 Å². The van der Waals surface area contributed by atoms with Crippen molar-refractivity contribution in [1.82, 2.24) is 14.9 Å². The van der Waals surface area contributed by atoms with E-state index in [1.807, 2.05) is 24.4 Å². The predicted octanol–water partition coefficient (Wildman–Crippen LogP) is 4.77. The van der Waals surface area contributed by atoms with Gasteiger partial charge in [0.05, 0.1) is 17.1 Å². The van der Waals surface area contributed by atoms with Crippen molar-refractivity contribution in [2.24, 2.45) is 0 Å². The lowest BCUT2D eigenvalue weighted by Crippen LogP contribution is -2.26. The Hall–Kier alpha value is -2.35. The molecule has 0 aliphatic heterocycles. The van der Waals surface area contributed by atoms with Gasteiger partial charge in [0.2, 0.25) is 11.7 Å². The number of rotatable bonds is 6. The molecular weight excluding hydrogens is 363 g/mol. The number of alkyl halides is 3. The van der Waals surface area contributed by atoms with Gasteiger partial charge >= 0.3 is 6.18 Å². The predicted molar refractivity (Wildman–Crippen MR) is 94.8 cm³/mol. The number of nitrogens with one attached hydrogen (secondary N) is 1. The van der Waals surface area contributed by atoms with Crippen LogP contribution in [0.4, 0.5) is 13.2 Å². The summed E-state index contributed by atoms with van der Waals surface area (Å²) in [7, 11) is 0. The normalized spacial score (nSPS) is 13.1. The van der Waals surface area contributed by atoms with Crippen LogP contribution in [0.1, 0.15) is 36.5 Å². The lowest BCUT2D eigenvalue weighted by molar-refractivity contribution is -0.146. The van der Waals surface area contributed by atoms with Crippen LogP contribution >= 0.6 is 11.3 Å². The van der Waals surface area contributed by atoms with Crippen LogP contribution in [0, 0.1) is 0 Å². The largest absolute Gasteiger partial charge is 0.449 e. The van der Waals surface area contributed by atoms with Crippen LogP contribution in [0.25, 0.3) is 11.0 Å². The summed E-state index contributed by atoms with van der Waals surface area (Å²) in [5.41, 5.74) is 0.725. The number of nitrogens with zero attached hydrogens (tertiary/aromatic N) is 2. The van der Waals surface area contributed by atoms with Crippen LogP contribution in [-0.2, 0) is 17.5 Å². The molecule has 0 saturated carbocycles. The number of carbonyl (C=O) groups is 1. The molecule has 0 radical (unpaired) electrons. The minimum Gasteiger partial charge on any atom is -0.349 e. The van der Waals surface area contributed by atoms with Gasteiger partial charge < -0.3 is 9.88 Å². The highest BCUT2D eigenvalue weighted by atomic mass is 32.1. The summed E-state index contributed by atoms with van der Waals surface area (Å²) in [6, 6.07) is 10.2. The Morgan fingerprint density at radius 3 is 2.73 bits per heavy atom. The van der Waals surface area contributed by atoms with Crippen LogP contribution in [0.15, 0.2) is 41.8 Å². The van der Waals surface area contributed by atoms with Crippen molar-refractivity contribution in [3.8, 4) is 0 Å². The van der Waals surface area contributed by atoms with Crippen LogP contribution in [0.5, 0.6) is 0 Å². The molecule has 0 saturated heterocycles. The number of para-hydroxylation sites is 2. The Morgan fingerprint density at radius 2 is 2.04 bits per heavy atom. The van der Waals surface area contributed by atoms with Crippen molar-refractivity contribution in [2.45, 2.75) is 38.5 Å². The Morgan fingerprint density at radius 1 is 1.27 bits per heavy atom. The quantitative estimate of drug-likeness (QED) is 0.668. The van der Waals surface area contributed by atoms with Gasteiger partial charge in [-0.2, -0.15) is 13.2 Å². The van der Waals surface area contributed by atoms with Gasteiger partial charge in [0, 0.05) is 17.8 Å². The van der Waals surface area contributed by atoms with Crippen LogP contribution < -0.4 is 5.32 Å². The SMILES string of the molecule is CC(NC(=O)CCCn1c(C(F)(F)F)nc2ccccc21)c1cccs1. The zero-order valence-corrected chi connectivity index (χ0v) is 14.9. The van der Waals surface area contributed by atoms with E-state index < -0.39 is 12.0 Å². The third-order valence-electron chi connectivity index (χ3n) is 4.04. The average Bonchev–Trinajstić information content (AvgIpc) is 3.22. The fraction of sp³-hybridized carbons (Fsp3) is 0.333. The van der Waals surface area contributed by atoms with Crippen LogP contribution in [0.3, 0.4) is 0 Å². The fourth-order valence-corrected chi connectivity index (χ4v) is 3.57. The molecule has 0 bridgehead atoms. The van der Waals surface area contributed by atoms with Gasteiger partial charge in [-0.1, -0.05) is 18.2 Å². The number of fused-ring (bicyclic) bond motifs is 1. The summed E-state index contributed by atoms with van der Waals surface area (Å²) in [4.78, 5) is 16.8. The van der Waals surface area contributed by atoms with E-state index in [9.17, 15) is 18.0 Å². The summed E-state index contributed by atoms with van der Waals surface area (Å²) < 4.78 is 40.9. The van der Waals surface area contributed by atoms with Gasteiger partial charge in [0.15, 0.2) is 0 Å². The zero-order valence-electron chi connectivity index (χ0n) is 14.1. The molecule has 8 heteroatoms. The third-order valence-corrected chi connectivity index (χ3v) is 5.10. The first-order chi connectivity index (χ1) is 12.4. The number of thiophene rings is 1. The highest BCUT2D eigenvalue weighted by Crippen LogP contribution is 2.31. The van der Waals surface area contributed by atoms with E-state index in [0.29, 0.717) is 17.5 Å². The summed E-state index contributed by atoms with van der Waals surface area (Å²) in [5, 5.41) is 4.80. The van der Waals surface area contributed by atoms with E-state index in [4.69, 9.17) is 0 Å². The topological polar surface area (TPSA) is 46.9 Å². The number of hydrogen-bond acceptors (Lipinski definition) is 3. The maximum atomic E-state index is 13.2. The molecule has 1 atom stereocenters. The molecule has 3 aromatic rings. The maximum absolute atomic E-state index is 13.2. The molecule has 0 fully saturated rings. The molecule has 0 aliphatic rings. The van der Waals surface area contributed by atoms with Crippen molar-refractivity contribution in [3.05, 3.63) is 52.5 Å². The average molecular weight is 381 g/mol. The highest BCUT2D eigenvalue weighted by molar-refractivity contribution is 7.10. The third kappa shape index (κ3) is 4.07. The Bertz CT molecular complexity index is 887. The number of aromatic nitrogens is 2. The molecule has 2 heterocycles. The van der Waals surface area contributed by atoms with Crippen molar-refractivity contribution in [3.63, 3.8) is 0 Å². The lowest BCUT2D eigenvalue weighted by Gasteiger charge is -2.13. The lowest BCUT2D eigenvalue weighted by atomic mass is 10.2. The van der Waals surface area contributed by atoms with E-state index in [0.717, 1.165) is 9.44 Å². The summed E-state index contributed by atoms with van der Waals surface area (Å²) in [6.07, 6.45) is -4.08. The second-order valence-corrected chi connectivity index (χ2v) is 6.96. The number of benzene rings is 1. The second kappa shape index (κ2) is 7.49. The van der Waals surface area contributed by atoms with Gasteiger partial charge in [-0.15, -0.1) is 11.3 Å². The standard InChI is InChI=1S/C18H18F3N3OS/c1-12(15-8-5-11-26-15)22-16(25)9-4-10-24-14-7-3-2-6-13(14)23-17(24)18(19,20)21/h2-3,5-8,11-12H,4,9-10H2,1H3,(H,22,25). The molecule has 1 amide bonds. The number of aryl methyl sites for hydroxylation is 1. The first kappa shape index (κ1) is 18.4. The molecule has 0 aliphatic carbocycles. The molecule has 1 unspecified atom stereocenters. The maximum Gasteiger partial charge on any atom is 0.449 e. The Kier molecular flexibility index (Phi) is 5.31. The monoisotopic (exact) mass is 381 g/mol. The minimum absolute atomic E-state index is 0.0795. The van der Waals surface area contributed by atoms with Crippen molar-refractivity contribution in [2.75, 3.05) is 0 Å². The molecule has 4 nitrogen and oxygen atoms in total. The minimum atomic E-state index is -4.53. The smallest absolute Gasteiger partial charge is 0.349 e. The molecule has 2 aromatic heterocycles. The Labute approximate surface area is 152 Å². The van der Waals surface area contributed by atoms with Crippen LogP contribution in [0.2, 0.25) is 0 Å². The van der Waals surface area contributed by atoms with Gasteiger partial charge in [-0.25, -0.2) is 4.98 Å². The number of halogens is 3. The van der Waals surface area contributed by atoms with Crippen molar-refractivity contribution < 1.29 is 18.0 Å². The number of amides is 1. The molecule has 1 N–H and O–H groups in total. The van der Waals surface area contributed by atoms with Crippen molar-refractivity contribution in [1.29, 1.82) is 0 Å². The Balaban J connectivity index is 1.65. The zero-order chi connectivity index (χ0) is 18.7. The molecule has 138 valence electrons. The van der Waals surface area contributed by atoms with E-state index >= 15 is 0 Å². The van der Waals surface area contributed by atoms with Gasteiger partial charge in [0.25, 0.3) is 0 Å². The molecule has 0 spiro atoms. The first-order valence-corrected chi connectivity index (χ1v) is 9.09. The highest BCUT2D eigenvalue weighted by Gasteiger charge is 2.37. The molecule has 26 heavy (non-hydrogen) atoms. The molecule has 3 rings (SSSR count). The number of hydrogen-bond donors (Lipinski definition) is 1. The summed E-state index contributed by atoms with van der Waals surface area (Å²) in [5.74, 6) is -1.10. The van der Waals surface area contributed by atoms with Gasteiger partial charge in [-0.05, 0) is 36.9 Å². The summed E-state index contributed by atoms with van der Waals surface area (Å²) in [6.45, 7) is 1.96. The van der Waals surface area contributed by atoms with Gasteiger partial charge in [0.1, 0.15) is 0 Å². The summed E-state index contributed by atoms with van der Waals surface area (Å²) >= 11 is 1.55. The van der Waals surface area contributed by atoms with E-state index in [-0.39, 0.29) is 24.9 Å². The van der Waals surface area contributed by atoms with Crippen LogP contribution in [-0.4, -0.2) is 15.5 Å². The van der Waals surface area contributed by atoms with E-state index in [1.165, 1.54) is 0 Å².